The lowest BCUT2D eigenvalue weighted by atomic mass is 10.1. The van der Waals surface area contributed by atoms with Crippen molar-refractivity contribution >= 4 is 33.9 Å². The maximum Gasteiger partial charge on any atom is 0.174 e. The number of anilines is 1. The number of benzene rings is 1. The fourth-order valence-corrected chi connectivity index (χ4v) is 2.26. The lowest BCUT2D eigenvalue weighted by molar-refractivity contribution is -0.130. The molecule has 0 amide bonds. The van der Waals surface area contributed by atoms with Crippen molar-refractivity contribution in [1.82, 2.24) is 10.3 Å². The molecule has 0 aliphatic rings. The monoisotopic (exact) mass is 319 g/mol. The van der Waals surface area contributed by atoms with Crippen molar-refractivity contribution in [1.29, 1.82) is 0 Å². The van der Waals surface area contributed by atoms with Crippen LogP contribution in [0.1, 0.15) is 13.8 Å². The number of fused-ring (bicyclic) bond motifs is 1. The highest BCUT2D eigenvalue weighted by Crippen LogP contribution is 2.20. The molecule has 0 spiro atoms. The summed E-state index contributed by atoms with van der Waals surface area (Å²) >= 11 is 5.31. The molecule has 0 bridgehead atoms. The molecular weight excluding hydrogens is 298 g/mol. The Morgan fingerprint density at radius 2 is 1.91 bits per heavy atom. The van der Waals surface area contributed by atoms with Crippen molar-refractivity contribution in [2.24, 2.45) is 0 Å². The lowest BCUT2D eigenvalue weighted by Crippen LogP contribution is -2.37. The summed E-state index contributed by atoms with van der Waals surface area (Å²) in [5, 5.41) is 8.86. The summed E-state index contributed by atoms with van der Waals surface area (Å²) in [5.41, 5.74) is 0. The average molecular weight is 319 g/mol. The van der Waals surface area contributed by atoms with Crippen LogP contribution in [0.25, 0.3) is 10.8 Å². The molecule has 22 heavy (non-hydrogen) atoms. The number of rotatable bonds is 7. The maximum absolute atomic E-state index is 5.47. The van der Waals surface area contributed by atoms with Gasteiger partial charge in [0.2, 0.25) is 0 Å². The number of nitrogens with one attached hydrogen (secondary N) is 2. The summed E-state index contributed by atoms with van der Waals surface area (Å²) in [7, 11) is 0. The third kappa shape index (κ3) is 4.62. The van der Waals surface area contributed by atoms with Crippen molar-refractivity contribution in [3.63, 3.8) is 0 Å². The summed E-state index contributed by atoms with van der Waals surface area (Å²) < 4.78 is 10.9. The first-order valence-corrected chi connectivity index (χ1v) is 7.77. The Morgan fingerprint density at radius 3 is 2.64 bits per heavy atom. The Hall–Kier alpha value is -1.76. The van der Waals surface area contributed by atoms with Gasteiger partial charge in [0, 0.05) is 24.8 Å². The minimum absolute atomic E-state index is 0.310. The molecule has 2 N–H and O–H groups in total. The minimum Gasteiger partial charge on any atom is -0.357 e. The maximum atomic E-state index is 5.47. The molecule has 0 unspecified atom stereocenters. The topological polar surface area (TPSA) is 55.4 Å². The zero-order valence-corrected chi connectivity index (χ0v) is 13.7. The second-order valence-corrected chi connectivity index (χ2v) is 4.96. The van der Waals surface area contributed by atoms with Crippen LogP contribution in [0.2, 0.25) is 0 Å². The number of thiocarbonyl (C=S) groups is 1. The molecule has 0 aliphatic carbocycles. The second kappa shape index (κ2) is 8.63. The fraction of sp³-hybridized carbons (Fsp3) is 0.375. The van der Waals surface area contributed by atoms with E-state index in [4.69, 9.17) is 21.7 Å². The Labute approximate surface area is 136 Å². The van der Waals surface area contributed by atoms with E-state index in [2.05, 4.69) is 15.6 Å². The van der Waals surface area contributed by atoms with Gasteiger partial charge in [0.05, 0.1) is 6.54 Å². The van der Waals surface area contributed by atoms with E-state index in [1.807, 2.05) is 44.2 Å². The molecule has 118 valence electrons. The molecule has 0 radical (unpaired) electrons. The summed E-state index contributed by atoms with van der Waals surface area (Å²) in [5.74, 6) is 0.736. The van der Waals surface area contributed by atoms with Gasteiger partial charge in [-0.15, -0.1) is 0 Å². The van der Waals surface area contributed by atoms with E-state index in [0.717, 1.165) is 16.6 Å². The summed E-state index contributed by atoms with van der Waals surface area (Å²) in [6.07, 6.45) is 1.45. The van der Waals surface area contributed by atoms with Gasteiger partial charge in [-0.3, -0.25) is 0 Å². The van der Waals surface area contributed by atoms with E-state index in [9.17, 15) is 0 Å². The number of hydrogen-bond donors (Lipinski definition) is 2. The van der Waals surface area contributed by atoms with Gasteiger partial charge in [0.15, 0.2) is 11.4 Å². The first-order valence-electron chi connectivity index (χ1n) is 7.36. The standard InChI is InChI=1S/C16H21N3O2S/c1-3-20-14(21-4-2)11-18-16(22)19-15-13-8-6-5-7-12(13)9-10-17-15/h5-10,14H,3-4,11H2,1-2H3,(H2,17,18,19,22). The lowest BCUT2D eigenvalue weighted by Gasteiger charge is -2.18. The smallest absolute Gasteiger partial charge is 0.174 e. The fourth-order valence-electron chi connectivity index (χ4n) is 2.08. The Kier molecular flexibility index (Phi) is 6.51. The number of ether oxygens (including phenoxy) is 2. The highest BCUT2D eigenvalue weighted by Gasteiger charge is 2.09. The Balaban J connectivity index is 1.96. The van der Waals surface area contributed by atoms with Crippen LogP contribution < -0.4 is 10.6 Å². The first kappa shape index (κ1) is 16.6. The SMILES string of the molecule is CCOC(CNC(=S)Nc1nccc2ccccc12)OCC. The van der Waals surface area contributed by atoms with Crippen molar-refractivity contribution < 1.29 is 9.47 Å². The molecular formula is C16H21N3O2S. The van der Waals surface area contributed by atoms with E-state index in [-0.39, 0.29) is 6.29 Å². The van der Waals surface area contributed by atoms with Gasteiger partial charge >= 0.3 is 0 Å². The van der Waals surface area contributed by atoms with E-state index in [1.165, 1.54) is 0 Å². The quantitative estimate of drug-likeness (QED) is 0.604. The molecule has 0 atom stereocenters. The molecule has 2 rings (SSSR count). The Morgan fingerprint density at radius 1 is 1.18 bits per heavy atom. The van der Waals surface area contributed by atoms with Gasteiger partial charge < -0.3 is 20.1 Å². The van der Waals surface area contributed by atoms with Crippen molar-refractivity contribution in [3.8, 4) is 0 Å². The number of aromatic nitrogens is 1. The predicted octanol–water partition coefficient (Wildman–Crippen LogP) is 2.92. The molecule has 0 saturated heterocycles. The van der Waals surface area contributed by atoms with Gasteiger partial charge in [-0.25, -0.2) is 4.98 Å². The number of nitrogens with zero attached hydrogens (tertiary/aromatic N) is 1. The summed E-state index contributed by atoms with van der Waals surface area (Å²) in [6, 6.07) is 10.00. The molecule has 6 heteroatoms. The van der Waals surface area contributed by atoms with Gasteiger partial charge in [0.1, 0.15) is 5.82 Å². The normalized spacial score (nSPS) is 10.9. The van der Waals surface area contributed by atoms with Crippen molar-refractivity contribution in [3.05, 3.63) is 36.5 Å². The molecule has 0 aliphatic heterocycles. The molecule has 1 aromatic carbocycles. The third-order valence-electron chi connectivity index (χ3n) is 3.04. The number of hydrogen-bond acceptors (Lipinski definition) is 4. The van der Waals surface area contributed by atoms with Gasteiger partial charge in [0.25, 0.3) is 0 Å². The molecule has 2 aromatic rings. The highest BCUT2D eigenvalue weighted by molar-refractivity contribution is 7.80. The zero-order valence-electron chi connectivity index (χ0n) is 12.8. The zero-order chi connectivity index (χ0) is 15.8. The number of pyridine rings is 1. The van der Waals surface area contributed by atoms with E-state index in [1.54, 1.807) is 6.20 Å². The highest BCUT2D eigenvalue weighted by atomic mass is 32.1. The van der Waals surface area contributed by atoms with Crippen LogP contribution in [0.15, 0.2) is 36.5 Å². The minimum atomic E-state index is -0.310. The molecule has 0 saturated carbocycles. The predicted molar refractivity (Wildman–Crippen MR) is 93.0 cm³/mol. The van der Waals surface area contributed by atoms with Crippen LogP contribution in [0.5, 0.6) is 0 Å². The molecule has 1 aromatic heterocycles. The van der Waals surface area contributed by atoms with Crippen molar-refractivity contribution in [2.75, 3.05) is 25.1 Å². The van der Waals surface area contributed by atoms with Crippen LogP contribution in [0.4, 0.5) is 5.82 Å². The molecule has 5 nitrogen and oxygen atoms in total. The summed E-state index contributed by atoms with van der Waals surface area (Å²) in [6.45, 7) is 5.54. The summed E-state index contributed by atoms with van der Waals surface area (Å²) in [4.78, 5) is 4.35. The van der Waals surface area contributed by atoms with E-state index >= 15 is 0 Å². The van der Waals surface area contributed by atoms with Crippen LogP contribution in [0.3, 0.4) is 0 Å². The largest absolute Gasteiger partial charge is 0.357 e. The molecule has 1 heterocycles. The van der Waals surface area contributed by atoms with Crippen LogP contribution in [-0.4, -0.2) is 36.1 Å². The molecule has 0 fully saturated rings. The van der Waals surface area contributed by atoms with E-state index < -0.39 is 0 Å². The first-order chi connectivity index (χ1) is 10.7. The van der Waals surface area contributed by atoms with Gasteiger partial charge in [-0.2, -0.15) is 0 Å². The van der Waals surface area contributed by atoms with Crippen LogP contribution in [0, 0.1) is 0 Å². The second-order valence-electron chi connectivity index (χ2n) is 4.56. The van der Waals surface area contributed by atoms with Gasteiger partial charge in [-0.05, 0) is 37.5 Å². The van der Waals surface area contributed by atoms with E-state index in [0.29, 0.717) is 24.9 Å². The average Bonchev–Trinajstić information content (AvgIpc) is 2.53. The van der Waals surface area contributed by atoms with Crippen LogP contribution in [-0.2, 0) is 9.47 Å². The van der Waals surface area contributed by atoms with Crippen molar-refractivity contribution in [2.45, 2.75) is 20.1 Å². The van der Waals surface area contributed by atoms with Crippen LogP contribution >= 0.6 is 12.2 Å². The van der Waals surface area contributed by atoms with Gasteiger partial charge in [-0.1, -0.05) is 24.3 Å². The Bertz CT molecular complexity index is 610. The third-order valence-corrected chi connectivity index (χ3v) is 3.29.